The number of nitrogens with zero attached hydrogens (tertiary/aromatic N) is 4. The van der Waals surface area contributed by atoms with Crippen molar-refractivity contribution in [3.63, 3.8) is 0 Å². The molecule has 3 aromatic heterocycles. The van der Waals surface area contributed by atoms with Crippen molar-refractivity contribution >= 4 is 16.9 Å². The molecule has 0 aliphatic heterocycles. The molecule has 3 aromatic rings. The zero-order valence-electron chi connectivity index (χ0n) is 12.4. The summed E-state index contributed by atoms with van der Waals surface area (Å²) in [6, 6.07) is 2.44. The molecule has 0 amide bonds. The second-order valence-corrected chi connectivity index (χ2v) is 5.90. The Morgan fingerprint density at radius 1 is 1.32 bits per heavy atom. The third-order valence-electron chi connectivity index (χ3n) is 4.27. The van der Waals surface area contributed by atoms with Gasteiger partial charge in [0.05, 0.1) is 5.39 Å². The highest BCUT2D eigenvalue weighted by Gasteiger charge is 2.27. The molecular formula is C15H18N6O. The number of aryl methyl sites for hydroxylation is 1. The van der Waals surface area contributed by atoms with E-state index in [0.717, 1.165) is 42.0 Å². The van der Waals surface area contributed by atoms with Crippen LogP contribution in [0.2, 0.25) is 0 Å². The molecule has 7 heteroatoms. The fraction of sp³-hybridized carbons (Fsp3) is 0.467. The number of aromatic nitrogens is 5. The number of nitrogens with one attached hydrogen (secondary N) is 2. The van der Waals surface area contributed by atoms with Crippen LogP contribution in [0, 0.1) is 12.8 Å². The molecule has 2 atom stereocenters. The van der Waals surface area contributed by atoms with E-state index in [0.29, 0.717) is 17.9 Å². The molecule has 1 fully saturated rings. The Bertz CT molecular complexity index is 779. The van der Waals surface area contributed by atoms with E-state index in [1.54, 1.807) is 6.33 Å². The molecule has 114 valence electrons. The molecule has 1 saturated carbocycles. The molecule has 4 rings (SSSR count). The van der Waals surface area contributed by atoms with Crippen molar-refractivity contribution in [3.8, 4) is 0 Å². The van der Waals surface area contributed by atoms with Gasteiger partial charge in [-0.1, -0.05) is 0 Å². The minimum atomic E-state index is 0.432. The molecule has 0 radical (unpaired) electrons. The Morgan fingerprint density at radius 2 is 2.27 bits per heavy atom. The van der Waals surface area contributed by atoms with Crippen molar-refractivity contribution in [2.75, 3.05) is 5.32 Å². The summed E-state index contributed by atoms with van der Waals surface area (Å²) in [6.45, 7) is 1.83. The van der Waals surface area contributed by atoms with E-state index in [4.69, 9.17) is 4.42 Å². The summed E-state index contributed by atoms with van der Waals surface area (Å²) in [5.74, 6) is 2.88. The molecule has 2 N–H and O–H groups in total. The molecule has 0 unspecified atom stereocenters. The van der Waals surface area contributed by atoms with Gasteiger partial charge in [0, 0.05) is 25.6 Å². The summed E-state index contributed by atoms with van der Waals surface area (Å²) >= 11 is 0. The normalized spacial score (nSPS) is 21.5. The lowest BCUT2D eigenvalue weighted by Gasteiger charge is -2.14. The average molecular weight is 298 g/mol. The molecule has 22 heavy (non-hydrogen) atoms. The number of anilines is 1. The van der Waals surface area contributed by atoms with Crippen molar-refractivity contribution < 1.29 is 4.42 Å². The second kappa shape index (κ2) is 5.40. The number of aromatic amines is 1. The van der Waals surface area contributed by atoms with Gasteiger partial charge in [0.1, 0.15) is 17.8 Å². The van der Waals surface area contributed by atoms with Gasteiger partial charge in [-0.25, -0.2) is 9.97 Å². The Balaban J connectivity index is 1.41. The smallest absolute Gasteiger partial charge is 0.216 e. The Morgan fingerprint density at radius 3 is 3.14 bits per heavy atom. The lowest BCUT2D eigenvalue weighted by atomic mass is 10.0. The van der Waals surface area contributed by atoms with Gasteiger partial charge < -0.3 is 14.7 Å². The van der Waals surface area contributed by atoms with Crippen LogP contribution in [0.5, 0.6) is 0 Å². The van der Waals surface area contributed by atoms with E-state index in [2.05, 4.69) is 30.5 Å². The third-order valence-corrected chi connectivity index (χ3v) is 4.27. The Labute approximate surface area is 127 Å². The van der Waals surface area contributed by atoms with E-state index >= 15 is 0 Å². The molecule has 0 aromatic carbocycles. The lowest BCUT2D eigenvalue weighted by molar-refractivity contribution is 0.416. The minimum absolute atomic E-state index is 0.432. The van der Waals surface area contributed by atoms with Gasteiger partial charge >= 0.3 is 0 Å². The third kappa shape index (κ3) is 2.54. The molecule has 0 bridgehead atoms. The van der Waals surface area contributed by atoms with Crippen LogP contribution in [-0.4, -0.2) is 31.2 Å². The summed E-state index contributed by atoms with van der Waals surface area (Å²) in [4.78, 5) is 11.7. The summed E-state index contributed by atoms with van der Waals surface area (Å²) < 4.78 is 5.48. The maximum absolute atomic E-state index is 5.48. The molecule has 1 aliphatic carbocycles. The minimum Gasteiger partial charge on any atom is -0.426 e. The van der Waals surface area contributed by atoms with Gasteiger partial charge in [0.2, 0.25) is 11.8 Å². The van der Waals surface area contributed by atoms with Gasteiger partial charge in [-0.15, -0.1) is 10.2 Å². The highest BCUT2D eigenvalue weighted by Crippen LogP contribution is 2.31. The highest BCUT2D eigenvalue weighted by molar-refractivity contribution is 5.86. The van der Waals surface area contributed by atoms with Crippen LogP contribution >= 0.6 is 0 Å². The molecule has 1 aliphatic rings. The van der Waals surface area contributed by atoms with E-state index in [9.17, 15) is 0 Å². The van der Waals surface area contributed by atoms with Crippen LogP contribution in [0.1, 0.15) is 31.0 Å². The van der Waals surface area contributed by atoms with Gasteiger partial charge in [-0.2, -0.15) is 0 Å². The van der Waals surface area contributed by atoms with Gasteiger partial charge in [0.15, 0.2) is 0 Å². The monoisotopic (exact) mass is 298 g/mol. The maximum Gasteiger partial charge on any atom is 0.216 e. The van der Waals surface area contributed by atoms with Crippen LogP contribution in [-0.2, 0) is 6.42 Å². The van der Waals surface area contributed by atoms with E-state index < -0.39 is 0 Å². The van der Waals surface area contributed by atoms with Crippen LogP contribution in [0.3, 0.4) is 0 Å². The number of fused-ring (bicyclic) bond motifs is 1. The summed E-state index contributed by atoms with van der Waals surface area (Å²) in [6.07, 6.45) is 7.74. The maximum atomic E-state index is 5.48. The predicted octanol–water partition coefficient (Wildman–Crippen LogP) is 2.47. The second-order valence-electron chi connectivity index (χ2n) is 5.90. The molecular weight excluding hydrogens is 280 g/mol. The summed E-state index contributed by atoms with van der Waals surface area (Å²) in [5.41, 5.74) is 0.869. The highest BCUT2D eigenvalue weighted by atomic mass is 16.4. The predicted molar refractivity (Wildman–Crippen MR) is 81.4 cm³/mol. The van der Waals surface area contributed by atoms with Crippen molar-refractivity contribution in [3.05, 3.63) is 30.4 Å². The summed E-state index contributed by atoms with van der Waals surface area (Å²) in [7, 11) is 0. The standard InChI is InChI=1S/C15H18N6O/c1-9-20-21-13(22-9)7-10-2-3-11(6-10)19-15-12-4-5-16-14(12)17-8-18-15/h4-5,8,10-11H,2-3,6-7H2,1H3,(H2,16,17,18,19)/t10-,11+/m1/s1. The van der Waals surface area contributed by atoms with Gasteiger partial charge in [-0.05, 0) is 31.2 Å². The largest absolute Gasteiger partial charge is 0.426 e. The van der Waals surface area contributed by atoms with Crippen molar-refractivity contribution in [1.82, 2.24) is 25.1 Å². The SMILES string of the molecule is Cc1nnc(C[C@@H]2CC[C@H](Nc3ncnc4[nH]ccc34)C2)o1. The number of hydrogen-bond acceptors (Lipinski definition) is 6. The fourth-order valence-electron chi connectivity index (χ4n) is 3.24. The molecule has 0 saturated heterocycles. The van der Waals surface area contributed by atoms with Crippen molar-refractivity contribution in [2.24, 2.45) is 5.92 Å². The summed E-state index contributed by atoms with van der Waals surface area (Å²) in [5, 5.41) is 12.6. The first kappa shape index (κ1) is 13.2. The van der Waals surface area contributed by atoms with Crippen LogP contribution in [0.15, 0.2) is 23.0 Å². The zero-order chi connectivity index (χ0) is 14.9. The van der Waals surface area contributed by atoms with Gasteiger partial charge in [0.25, 0.3) is 0 Å². The first-order chi connectivity index (χ1) is 10.8. The van der Waals surface area contributed by atoms with Crippen molar-refractivity contribution in [2.45, 2.75) is 38.6 Å². The number of hydrogen-bond donors (Lipinski definition) is 2. The molecule has 3 heterocycles. The van der Waals surface area contributed by atoms with Crippen molar-refractivity contribution in [1.29, 1.82) is 0 Å². The van der Waals surface area contributed by atoms with E-state index in [1.165, 1.54) is 6.42 Å². The zero-order valence-corrected chi connectivity index (χ0v) is 12.4. The number of rotatable bonds is 4. The number of H-pyrrole nitrogens is 1. The van der Waals surface area contributed by atoms with E-state index in [1.807, 2.05) is 19.2 Å². The average Bonchev–Trinajstić information content (AvgIpc) is 3.21. The van der Waals surface area contributed by atoms with Crippen LogP contribution in [0.25, 0.3) is 11.0 Å². The first-order valence-electron chi connectivity index (χ1n) is 7.61. The van der Waals surface area contributed by atoms with E-state index in [-0.39, 0.29) is 0 Å². The Kier molecular flexibility index (Phi) is 3.25. The van der Waals surface area contributed by atoms with Crippen LogP contribution in [0.4, 0.5) is 5.82 Å². The Hall–Kier alpha value is -2.44. The first-order valence-corrected chi connectivity index (χ1v) is 7.61. The lowest BCUT2D eigenvalue weighted by Crippen LogP contribution is -2.17. The quantitative estimate of drug-likeness (QED) is 0.768. The topological polar surface area (TPSA) is 92.5 Å². The molecule has 7 nitrogen and oxygen atoms in total. The molecule has 0 spiro atoms. The van der Waals surface area contributed by atoms with Crippen LogP contribution < -0.4 is 5.32 Å². The van der Waals surface area contributed by atoms with Gasteiger partial charge in [-0.3, -0.25) is 0 Å². The fourth-order valence-corrected chi connectivity index (χ4v) is 3.24.